The minimum atomic E-state index is 0.423. The quantitative estimate of drug-likeness (QED) is 0.655. The first-order valence-electron chi connectivity index (χ1n) is 7.54. The summed E-state index contributed by atoms with van der Waals surface area (Å²) in [5.74, 6) is 1.90. The summed E-state index contributed by atoms with van der Waals surface area (Å²) < 4.78 is 2.23. The van der Waals surface area contributed by atoms with E-state index in [4.69, 9.17) is 0 Å². The Labute approximate surface area is 126 Å². The summed E-state index contributed by atoms with van der Waals surface area (Å²) in [5, 5.41) is 6.72. The molecule has 21 heavy (non-hydrogen) atoms. The summed E-state index contributed by atoms with van der Waals surface area (Å²) in [6, 6.07) is 8.66. The second-order valence-corrected chi connectivity index (χ2v) is 5.25. The molecule has 0 aliphatic rings. The lowest BCUT2D eigenvalue weighted by Gasteiger charge is -2.17. The molecule has 0 aliphatic heterocycles. The fraction of sp³-hybridized carbons (Fsp3) is 0.500. The highest BCUT2D eigenvalue weighted by molar-refractivity contribution is 5.80. The van der Waals surface area contributed by atoms with E-state index in [1.54, 1.807) is 7.05 Å². The Bertz CT molecular complexity index is 614. The van der Waals surface area contributed by atoms with E-state index in [-0.39, 0.29) is 0 Å². The Morgan fingerprint density at radius 3 is 2.86 bits per heavy atom. The standard InChI is InChI=1S/C16H25N5/c1-5-12(2)19-16(17-4)18-10-11-21-13(3)20-14-8-6-7-9-15(14)21/h6-9,12H,5,10-11H2,1-4H3,(H2,17,18,19). The number of rotatable bonds is 5. The molecule has 0 bridgehead atoms. The lowest BCUT2D eigenvalue weighted by molar-refractivity contribution is 0.609. The van der Waals surface area contributed by atoms with Crippen LogP contribution < -0.4 is 10.6 Å². The average molecular weight is 287 g/mol. The van der Waals surface area contributed by atoms with Crippen LogP contribution in [0.1, 0.15) is 26.1 Å². The highest BCUT2D eigenvalue weighted by atomic mass is 15.2. The summed E-state index contributed by atoms with van der Waals surface area (Å²) >= 11 is 0. The Hall–Kier alpha value is -2.04. The van der Waals surface area contributed by atoms with Crippen molar-refractivity contribution < 1.29 is 0 Å². The van der Waals surface area contributed by atoms with Gasteiger partial charge in [-0.25, -0.2) is 4.98 Å². The molecule has 114 valence electrons. The Kier molecular flexibility index (Phi) is 5.20. The van der Waals surface area contributed by atoms with Gasteiger partial charge in [-0.1, -0.05) is 19.1 Å². The molecule has 0 spiro atoms. The van der Waals surface area contributed by atoms with Gasteiger partial charge in [0.2, 0.25) is 0 Å². The maximum Gasteiger partial charge on any atom is 0.191 e. The van der Waals surface area contributed by atoms with Crippen molar-refractivity contribution in [2.45, 2.75) is 39.8 Å². The van der Waals surface area contributed by atoms with Gasteiger partial charge >= 0.3 is 0 Å². The van der Waals surface area contributed by atoms with Crippen LogP contribution in [0.5, 0.6) is 0 Å². The SMILES string of the molecule is CCC(C)NC(=NC)NCCn1c(C)nc2ccccc21. The summed E-state index contributed by atoms with van der Waals surface area (Å²) in [7, 11) is 1.80. The lowest BCUT2D eigenvalue weighted by Crippen LogP contribution is -2.43. The number of nitrogens with zero attached hydrogens (tertiary/aromatic N) is 3. The molecular formula is C16H25N5. The topological polar surface area (TPSA) is 54.2 Å². The van der Waals surface area contributed by atoms with Gasteiger partial charge < -0.3 is 15.2 Å². The molecule has 2 rings (SSSR count). The average Bonchev–Trinajstić information content (AvgIpc) is 2.82. The summed E-state index contributed by atoms with van der Waals surface area (Å²) in [4.78, 5) is 8.83. The molecule has 1 atom stereocenters. The van der Waals surface area contributed by atoms with E-state index in [1.807, 2.05) is 13.0 Å². The number of aryl methyl sites for hydroxylation is 1. The van der Waals surface area contributed by atoms with Crippen molar-refractivity contribution in [3.05, 3.63) is 30.1 Å². The highest BCUT2D eigenvalue weighted by Crippen LogP contribution is 2.14. The number of aliphatic imine (C=N–C) groups is 1. The Morgan fingerprint density at radius 2 is 2.14 bits per heavy atom. The van der Waals surface area contributed by atoms with E-state index in [0.29, 0.717) is 6.04 Å². The van der Waals surface area contributed by atoms with E-state index >= 15 is 0 Å². The van der Waals surface area contributed by atoms with Crippen LogP contribution in [0.15, 0.2) is 29.3 Å². The third-order valence-corrected chi connectivity index (χ3v) is 3.69. The molecule has 1 unspecified atom stereocenters. The molecule has 5 heteroatoms. The molecule has 0 fully saturated rings. The van der Waals surface area contributed by atoms with Crippen molar-refractivity contribution in [1.29, 1.82) is 0 Å². The van der Waals surface area contributed by atoms with Crippen molar-refractivity contribution in [2.75, 3.05) is 13.6 Å². The molecule has 5 nitrogen and oxygen atoms in total. The van der Waals surface area contributed by atoms with Crippen LogP contribution >= 0.6 is 0 Å². The maximum absolute atomic E-state index is 4.58. The molecule has 0 radical (unpaired) electrons. The molecule has 0 saturated carbocycles. The molecule has 1 aromatic carbocycles. The fourth-order valence-corrected chi connectivity index (χ4v) is 2.29. The number of benzene rings is 1. The van der Waals surface area contributed by atoms with Gasteiger partial charge in [0, 0.05) is 26.2 Å². The van der Waals surface area contributed by atoms with E-state index in [2.05, 4.69) is 57.2 Å². The van der Waals surface area contributed by atoms with Gasteiger partial charge in [0.1, 0.15) is 5.82 Å². The summed E-state index contributed by atoms with van der Waals surface area (Å²) in [5.41, 5.74) is 2.23. The molecule has 2 N–H and O–H groups in total. The van der Waals surface area contributed by atoms with E-state index < -0.39 is 0 Å². The summed E-state index contributed by atoms with van der Waals surface area (Å²) in [6.07, 6.45) is 1.08. The van der Waals surface area contributed by atoms with E-state index in [0.717, 1.165) is 36.8 Å². The largest absolute Gasteiger partial charge is 0.355 e. The van der Waals surface area contributed by atoms with Crippen LogP contribution in [0, 0.1) is 6.92 Å². The molecule has 0 amide bonds. The first-order chi connectivity index (χ1) is 10.2. The van der Waals surface area contributed by atoms with Gasteiger partial charge in [-0.3, -0.25) is 4.99 Å². The minimum absolute atomic E-state index is 0.423. The smallest absolute Gasteiger partial charge is 0.191 e. The molecular weight excluding hydrogens is 262 g/mol. The molecule has 0 saturated heterocycles. The number of para-hydroxylation sites is 2. The zero-order valence-corrected chi connectivity index (χ0v) is 13.3. The van der Waals surface area contributed by atoms with Gasteiger partial charge in [-0.05, 0) is 32.4 Å². The molecule has 1 heterocycles. The molecule has 1 aromatic heterocycles. The Morgan fingerprint density at radius 1 is 1.38 bits per heavy atom. The van der Waals surface area contributed by atoms with Crippen LogP contribution in [0.4, 0.5) is 0 Å². The third kappa shape index (κ3) is 3.74. The second kappa shape index (κ2) is 7.11. The van der Waals surface area contributed by atoms with Crippen molar-refractivity contribution in [3.63, 3.8) is 0 Å². The number of aromatic nitrogens is 2. The number of hydrogen-bond donors (Lipinski definition) is 2. The fourth-order valence-electron chi connectivity index (χ4n) is 2.29. The van der Waals surface area contributed by atoms with Gasteiger partial charge in [0.15, 0.2) is 5.96 Å². The van der Waals surface area contributed by atoms with Crippen LogP contribution in [-0.4, -0.2) is 35.1 Å². The number of fused-ring (bicyclic) bond motifs is 1. The van der Waals surface area contributed by atoms with Gasteiger partial charge in [-0.15, -0.1) is 0 Å². The number of guanidine groups is 1. The number of hydrogen-bond acceptors (Lipinski definition) is 2. The highest BCUT2D eigenvalue weighted by Gasteiger charge is 2.07. The van der Waals surface area contributed by atoms with Crippen LogP contribution in [0.2, 0.25) is 0 Å². The Balaban J connectivity index is 1.97. The lowest BCUT2D eigenvalue weighted by atomic mass is 10.3. The van der Waals surface area contributed by atoms with Gasteiger partial charge in [0.25, 0.3) is 0 Å². The first kappa shape index (κ1) is 15.4. The first-order valence-corrected chi connectivity index (χ1v) is 7.54. The zero-order valence-electron chi connectivity index (χ0n) is 13.3. The van der Waals surface area contributed by atoms with Crippen molar-refractivity contribution >= 4 is 17.0 Å². The van der Waals surface area contributed by atoms with Crippen LogP contribution in [-0.2, 0) is 6.54 Å². The van der Waals surface area contributed by atoms with Gasteiger partial charge in [-0.2, -0.15) is 0 Å². The van der Waals surface area contributed by atoms with Crippen molar-refractivity contribution in [1.82, 2.24) is 20.2 Å². The van der Waals surface area contributed by atoms with Crippen LogP contribution in [0.3, 0.4) is 0 Å². The molecule has 0 aliphatic carbocycles. The van der Waals surface area contributed by atoms with Crippen LogP contribution in [0.25, 0.3) is 11.0 Å². The summed E-state index contributed by atoms with van der Waals surface area (Å²) in [6.45, 7) is 8.05. The maximum atomic E-state index is 4.58. The van der Waals surface area contributed by atoms with Crippen molar-refractivity contribution in [3.8, 4) is 0 Å². The normalized spacial score (nSPS) is 13.4. The van der Waals surface area contributed by atoms with Crippen molar-refractivity contribution in [2.24, 2.45) is 4.99 Å². The number of nitrogens with one attached hydrogen (secondary N) is 2. The minimum Gasteiger partial charge on any atom is -0.355 e. The predicted octanol–water partition coefficient (Wildman–Crippen LogP) is 2.31. The van der Waals surface area contributed by atoms with Gasteiger partial charge in [0.05, 0.1) is 11.0 Å². The monoisotopic (exact) mass is 287 g/mol. The third-order valence-electron chi connectivity index (χ3n) is 3.69. The number of imidazole rings is 1. The predicted molar refractivity (Wildman–Crippen MR) is 88.7 cm³/mol. The van der Waals surface area contributed by atoms with E-state index in [1.165, 1.54) is 5.52 Å². The molecule has 2 aromatic rings. The van der Waals surface area contributed by atoms with E-state index in [9.17, 15) is 0 Å². The second-order valence-electron chi connectivity index (χ2n) is 5.25. The zero-order chi connectivity index (χ0) is 15.2.